The van der Waals surface area contributed by atoms with E-state index >= 15 is 0 Å². The predicted molar refractivity (Wildman–Crippen MR) is 227 cm³/mol. The first-order valence-corrected chi connectivity index (χ1v) is 22.6. The van der Waals surface area contributed by atoms with Crippen molar-refractivity contribution in [2.24, 2.45) is 41.4 Å². The summed E-state index contributed by atoms with van der Waals surface area (Å²) in [6.07, 6.45) is 17.4. The topological polar surface area (TPSA) is 152 Å². The van der Waals surface area contributed by atoms with Gasteiger partial charge in [0, 0.05) is 28.7 Å². The Bertz CT molecular complexity index is 1640. The minimum absolute atomic E-state index is 0.0241. The first-order valence-electron chi connectivity index (χ1n) is 22.6. The third-order valence-electron chi connectivity index (χ3n) is 14.8. The van der Waals surface area contributed by atoms with Gasteiger partial charge in [-0.15, -0.1) is 0 Å². The molecule has 9 aliphatic carbocycles. The Labute approximate surface area is 358 Å². The minimum Gasteiger partial charge on any atom is -0.463 e. The van der Waals surface area contributed by atoms with E-state index in [9.17, 15) is 29.1 Å². The lowest BCUT2D eigenvalue weighted by Crippen LogP contribution is -2.59. The van der Waals surface area contributed by atoms with Crippen molar-refractivity contribution >= 4 is 29.8 Å². The summed E-state index contributed by atoms with van der Waals surface area (Å²) in [7, 11) is 0. The van der Waals surface area contributed by atoms with Gasteiger partial charge in [0.05, 0.1) is 12.2 Å². The maximum atomic E-state index is 12.0. The highest BCUT2D eigenvalue weighted by Gasteiger charge is 2.59. The van der Waals surface area contributed by atoms with Crippen molar-refractivity contribution in [3.05, 3.63) is 48.6 Å². The van der Waals surface area contributed by atoms with E-state index in [-0.39, 0.29) is 40.8 Å². The molecule has 10 fully saturated rings. The molecule has 1 saturated heterocycles. The van der Waals surface area contributed by atoms with Crippen LogP contribution in [0, 0.1) is 41.4 Å². The van der Waals surface area contributed by atoms with Crippen LogP contribution in [0.5, 0.6) is 0 Å². The first-order chi connectivity index (χ1) is 28.2. The number of carbonyl (C=O) groups excluding carboxylic acids is 5. The molecule has 1 aliphatic heterocycles. The average molecular weight is 837 g/mol. The Balaban J connectivity index is 0.000000154. The van der Waals surface area contributed by atoms with E-state index in [2.05, 4.69) is 44.9 Å². The van der Waals surface area contributed by atoms with Crippen molar-refractivity contribution < 1.29 is 52.8 Å². The molecule has 1 N–H and O–H groups in total. The third kappa shape index (κ3) is 11.0. The van der Waals surface area contributed by atoms with Gasteiger partial charge in [-0.1, -0.05) is 40.2 Å². The lowest BCUT2D eigenvalue weighted by atomic mass is 9.49. The standard InChI is InChI=1S/C16H24O2.C14H20O3.C11H18O2.C8H10O4/c1-4-16(18-15(17)10(2)3)13-6-11-5-12(8-13)9-14(16)7-11;1-8(2)13(15)17-12-10-3-9-4-11(12)7-14(16,5-9)6-10;1-4-11(7-5-6-8-11)13-10(12)9(2)3;1-5(2)7(9)12-6-3-4-11-8(6)10/h11-14H,2,4-9H2,1,3H3;9-12,16H,1,3-7H2,2H3;2,4-8H2,1,3H3;6H,1,3-4H2,2H3. The van der Waals surface area contributed by atoms with Crippen LogP contribution in [0.2, 0.25) is 0 Å². The third-order valence-corrected chi connectivity index (χ3v) is 14.8. The Morgan fingerprint density at radius 3 is 1.55 bits per heavy atom. The molecule has 8 bridgehead atoms. The molecule has 10 aliphatic rings. The molecule has 10 rings (SSSR count). The quantitative estimate of drug-likeness (QED) is 0.128. The van der Waals surface area contributed by atoms with Crippen LogP contribution in [-0.2, 0) is 47.7 Å². The fraction of sp³-hybridized carbons (Fsp3) is 0.735. The van der Waals surface area contributed by atoms with Gasteiger partial charge in [0.25, 0.3) is 0 Å². The number of hydrogen-bond acceptors (Lipinski definition) is 11. The van der Waals surface area contributed by atoms with E-state index in [1.54, 1.807) is 20.8 Å². The van der Waals surface area contributed by atoms with Crippen LogP contribution >= 0.6 is 0 Å². The lowest BCUT2D eigenvalue weighted by Gasteiger charge is -2.60. The van der Waals surface area contributed by atoms with Gasteiger partial charge >= 0.3 is 29.8 Å². The van der Waals surface area contributed by atoms with Crippen LogP contribution < -0.4 is 0 Å². The minimum atomic E-state index is -0.728. The summed E-state index contributed by atoms with van der Waals surface area (Å²) in [6.45, 7) is 25.6. The zero-order chi connectivity index (χ0) is 44.2. The Morgan fingerprint density at radius 1 is 0.650 bits per heavy atom. The second-order valence-electron chi connectivity index (χ2n) is 19.7. The Kier molecular flexibility index (Phi) is 15.4. The van der Waals surface area contributed by atoms with Crippen LogP contribution in [0.3, 0.4) is 0 Å². The van der Waals surface area contributed by atoms with Gasteiger partial charge in [-0.05, 0) is 172 Å². The number of hydrogen-bond donors (Lipinski definition) is 1. The lowest BCUT2D eigenvalue weighted by molar-refractivity contribution is -0.207. The van der Waals surface area contributed by atoms with Crippen molar-refractivity contribution in [1.29, 1.82) is 0 Å². The summed E-state index contributed by atoms with van der Waals surface area (Å²) in [6, 6.07) is 0. The molecule has 11 heteroatoms. The summed E-state index contributed by atoms with van der Waals surface area (Å²) in [5, 5.41) is 10.4. The SMILES string of the molecule is C=C(C)C(=O)OC1(CC)C2CC3CC(C2)CC1C3.C=C(C)C(=O)OC1(CC)CCCC1.C=C(C)C(=O)OC1C2CC3CC1CC(O)(C3)C2.C=C(C)C(=O)OC1CCOC1=O. The van der Waals surface area contributed by atoms with Crippen molar-refractivity contribution in [1.82, 2.24) is 0 Å². The molecule has 0 aromatic carbocycles. The van der Waals surface area contributed by atoms with E-state index in [1.807, 2.05) is 0 Å². The molecule has 3 unspecified atom stereocenters. The van der Waals surface area contributed by atoms with Crippen LogP contribution in [-0.4, -0.2) is 70.6 Å². The van der Waals surface area contributed by atoms with Crippen LogP contribution in [0.15, 0.2) is 48.6 Å². The van der Waals surface area contributed by atoms with Gasteiger partial charge in [-0.2, -0.15) is 0 Å². The molecule has 1 heterocycles. The van der Waals surface area contributed by atoms with Crippen LogP contribution in [0.4, 0.5) is 0 Å². The molecule has 334 valence electrons. The van der Waals surface area contributed by atoms with E-state index in [1.165, 1.54) is 51.9 Å². The fourth-order valence-electron chi connectivity index (χ4n) is 12.1. The second-order valence-corrected chi connectivity index (χ2v) is 19.7. The summed E-state index contributed by atoms with van der Waals surface area (Å²) < 4.78 is 26.4. The van der Waals surface area contributed by atoms with Crippen molar-refractivity contribution in [3.63, 3.8) is 0 Å². The number of rotatable bonds is 10. The highest BCUT2D eigenvalue weighted by Crippen LogP contribution is 2.61. The molecule has 0 aromatic rings. The zero-order valence-corrected chi connectivity index (χ0v) is 37.3. The smallest absolute Gasteiger partial charge is 0.347 e. The van der Waals surface area contributed by atoms with Gasteiger partial charge in [0.2, 0.25) is 6.10 Å². The summed E-state index contributed by atoms with van der Waals surface area (Å²) in [5.41, 5.74) is 1.01. The Morgan fingerprint density at radius 2 is 1.13 bits per heavy atom. The second kappa shape index (κ2) is 19.5. The fourth-order valence-corrected chi connectivity index (χ4v) is 12.1. The maximum absolute atomic E-state index is 12.0. The number of cyclic esters (lactones) is 1. The van der Waals surface area contributed by atoms with Gasteiger partial charge in [0.15, 0.2) is 0 Å². The van der Waals surface area contributed by atoms with E-state index < -0.39 is 23.6 Å². The molecule has 60 heavy (non-hydrogen) atoms. The van der Waals surface area contributed by atoms with E-state index in [0.717, 1.165) is 69.6 Å². The van der Waals surface area contributed by atoms with Gasteiger partial charge in [0.1, 0.15) is 17.3 Å². The van der Waals surface area contributed by atoms with Gasteiger partial charge < -0.3 is 28.8 Å². The first kappa shape index (κ1) is 47.3. The summed E-state index contributed by atoms with van der Waals surface area (Å²) >= 11 is 0. The molecule has 11 nitrogen and oxygen atoms in total. The van der Waals surface area contributed by atoms with Gasteiger partial charge in [-0.25, -0.2) is 24.0 Å². The highest BCUT2D eigenvalue weighted by molar-refractivity contribution is 5.90. The molecule has 0 amide bonds. The highest BCUT2D eigenvalue weighted by atomic mass is 16.6. The molecule has 0 radical (unpaired) electrons. The normalized spacial score (nSPS) is 35.5. The van der Waals surface area contributed by atoms with Crippen LogP contribution in [0.1, 0.15) is 151 Å². The Hall–Kier alpha value is -3.73. The number of aliphatic hydroxyl groups is 1. The molecule has 3 atom stereocenters. The zero-order valence-electron chi connectivity index (χ0n) is 37.3. The van der Waals surface area contributed by atoms with Crippen molar-refractivity contribution in [2.75, 3.05) is 6.61 Å². The monoisotopic (exact) mass is 837 g/mol. The predicted octanol–water partition coefficient (Wildman–Crippen LogP) is 9.01. The van der Waals surface area contributed by atoms with Gasteiger partial charge in [-0.3, -0.25) is 0 Å². The molecule has 9 saturated carbocycles. The summed E-state index contributed by atoms with van der Waals surface area (Å²) in [5.74, 6) is 2.75. The van der Waals surface area contributed by atoms with E-state index in [0.29, 0.717) is 59.3 Å². The molecule has 0 spiro atoms. The van der Waals surface area contributed by atoms with Crippen molar-refractivity contribution in [3.8, 4) is 0 Å². The van der Waals surface area contributed by atoms with Crippen LogP contribution in [0.25, 0.3) is 0 Å². The van der Waals surface area contributed by atoms with E-state index in [4.69, 9.17) is 18.9 Å². The largest absolute Gasteiger partial charge is 0.463 e. The molecular weight excluding hydrogens is 765 g/mol. The molecule has 0 aromatic heterocycles. The maximum Gasteiger partial charge on any atom is 0.347 e. The number of carbonyl (C=O) groups is 5. The summed E-state index contributed by atoms with van der Waals surface area (Å²) in [4.78, 5) is 56.7. The van der Waals surface area contributed by atoms with Crippen molar-refractivity contribution in [2.45, 2.75) is 180 Å². The average Bonchev–Trinajstić information content (AvgIpc) is 3.82. The molecular formula is C49H72O11. The number of ether oxygens (including phenoxy) is 5. The number of esters is 5.